The molecule has 1 aromatic carbocycles. The van der Waals surface area contributed by atoms with Gasteiger partial charge in [0.05, 0.1) is 6.10 Å². The van der Waals surface area contributed by atoms with Gasteiger partial charge < -0.3 is 14.1 Å². The Morgan fingerprint density at radius 1 is 1.36 bits per heavy atom. The molecule has 118 valence electrons. The lowest BCUT2D eigenvalue weighted by Crippen LogP contribution is -2.40. The van der Waals surface area contributed by atoms with Crippen LogP contribution in [0.1, 0.15) is 32.1 Å². The Kier molecular flexibility index (Phi) is 4.73. The first-order chi connectivity index (χ1) is 10.8. The van der Waals surface area contributed by atoms with Gasteiger partial charge in [0.1, 0.15) is 11.9 Å². The Morgan fingerprint density at radius 2 is 2.23 bits per heavy atom. The van der Waals surface area contributed by atoms with E-state index in [4.69, 9.17) is 9.15 Å². The maximum atomic E-state index is 12.5. The number of carbonyl (C=O) groups is 1. The Bertz CT molecular complexity index is 599. The second-order valence-corrected chi connectivity index (χ2v) is 5.67. The van der Waals surface area contributed by atoms with E-state index in [9.17, 15) is 4.79 Å². The van der Waals surface area contributed by atoms with Crippen molar-refractivity contribution in [2.45, 2.75) is 38.7 Å². The number of nitrogens with zero attached hydrogens (tertiary/aromatic N) is 2. The van der Waals surface area contributed by atoms with Crippen LogP contribution in [0.4, 0.5) is 0 Å². The van der Waals surface area contributed by atoms with Gasteiger partial charge >= 0.3 is 0 Å². The minimum absolute atomic E-state index is 0.0447. The summed E-state index contributed by atoms with van der Waals surface area (Å²) in [4.78, 5) is 18.7. The summed E-state index contributed by atoms with van der Waals surface area (Å²) in [6, 6.07) is 7.57. The van der Waals surface area contributed by atoms with Crippen molar-refractivity contribution in [3.05, 3.63) is 30.2 Å². The fourth-order valence-corrected chi connectivity index (χ4v) is 2.84. The van der Waals surface area contributed by atoms with Gasteiger partial charge in [0.15, 0.2) is 5.58 Å². The van der Waals surface area contributed by atoms with Crippen LogP contribution in [-0.2, 0) is 16.0 Å². The lowest BCUT2D eigenvalue weighted by Gasteiger charge is -2.29. The molecular weight excluding hydrogens is 280 g/mol. The molecule has 0 radical (unpaired) electrons. The minimum Gasteiger partial charge on any atom is -0.440 e. The van der Waals surface area contributed by atoms with Gasteiger partial charge in [-0.2, -0.15) is 0 Å². The van der Waals surface area contributed by atoms with E-state index in [1.54, 1.807) is 0 Å². The largest absolute Gasteiger partial charge is 0.440 e. The van der Waals surface area contributed by atoms with E-state index in [1.165, 1.54) is 6.42 Å². The van der Waals surface area contributed by atoms with E-state index in [1.807, 2.05) is 36.1 Å². The van der Waals surface area contributed by atoms with Gasteiger partial charge in [-0.15, -0.1) is 0 Å². The van der Waals surface area contributed by atoms with Crippen LogP contribution in [0, 0.1) is 0 Å². The zero-order chi connectivity index (χ0) is 15.4. The molecule has 0 aliphatic carbocycles. The second-order valence-electron chi connectivity index (χ2n) is 5.67. The molecule has 1 aliphatic rings. The van der Waals surface area contributed by atoms with E-state index in [2.05, 4.69) is 4.98 Å². The molecule has 1 fully saturated rings. The highest BCUT2D eigenvalue weighted by Gasteiger charge is 2.21. The van der Waals surface area contributed by atoms with Crippen molar-refractivity contribution in [3.8, 4) is 0 Å². The second kappa shape index (κ2) is 6.92. The van der Waals surface area contributed by atoms with Gasteiger partial charge in [0, 0.05) is 19.7 Å². The molecule has 22 heavy (non-hydrogen) atoms. The number of hydrogen-bond acceptors (Lipinski definition) is 4. The van der Waals surface area contributed by atoms with Crippen LogP contribution in [0.2, 0.25) is 0 Å². The van der Waals surface area contributed by atoms with Crippen molar-refractivity contribution in [2.24, 2.45) is 0 Å². The first kappa shape index (κ1) is 15.0. The Hall–Kier alpha value is -1.88. The summed E-state index contributed by atoms with van der Waals surface area (Å²) >= 11 is 0. The molecule has 0 bridgehead atoms. The third kappa shape index (κ3) is 3.47. The third-order valence-corrected chi connectivity index (χ3v) is 4.07. The number of oxazole rings is 1. The molecule has 2 heterocycles. The van der Waals surface area contributed by atoms with Crippen molar-refractivity contribution < 1.29 is 13.9 Å². The van der Waals surface area contributed by atoms with E-state index in [0.29, 0.717) is 19.0 Å². The molecule has 1 aliphatic heterocycles. The summed E-state index contributed by atoms with van der Waals surface area (Å²) in [5.74, 6) is 0.525. The van der Waals surface area contributed by atoms with Crippen molar-refractivity contribution in [2.75, 3.05) is 19.7 Å². The fourth-order valence-electron chi connectivity index (χ4n) is 2.84. The predicted molar refractivity (Wildman–Crippen MR) is 83.6 cm³/mol. The number of carbonyl (C=O) groups excluding carboxylic acids is 1. The molecular formula is C17H22N2O3. The fraction of sp³-hybridized carbons (Fsp3) is 0.529. The van der Waals surface area contributed by atoms with Crippen LogP contribution in [0.25, 0.3) is 11.1 Å². The van der Waals surface area contributed by atoms with Gasteiger partial charge in [-0.1, -0.05) is 12.1 Å². The topological polar surface area (TPSA) is 55.6 Å². The normalized spacial score (nSPS) is 18.5. The number of benzene rings is 1. The zero-order valence-corrected chi connectivity index (χ0v) is 13.0. The maximum Gasteiger partial charge on any atom is 0.231 e. The van der Waals surface area contributed by atoms with Crippen molar-refractivity contribution in [1.82, 2.24) is 9.88 Å². The molecule has 1 unspecified atom stereocenters. The van der Waals surface area contributed by atoms with Crippen molar-refractivity contribution in [3.63, 3.8) is 0 Å². The highest BCUT2D eigenvalue weighted by molar-refractivity contribution is 5.79. The molecule has 0 spiro atoms. The predicted octanol–water partition coefficient (Wildman–Crippen LogP) is 2.79. The number of para-hydroxylation sites is 2. The first-order valence-corrected chi connectivity index (χ1v) is 8.00. The van der Waals surface area contributed by atoms with Gasteiger partial charge in [0.25, 0.3) is 0 Å². The number of ether oxygens (including phenoxy) is 1. The van der Waals surface area contributed by atoms with Gasteiger partial charge in [-0.3, -0.25) is 4.79 Å². The van der Waals surface area contributed by atoms with E-state index < -0.39 is 0 Å². The average molecular weight is 302 g/mol. The molecule has 3 rings (SSSR count). The van der Waals surface area contributed by atoms with Crippen LogP contribution < -0.4 is 0 Å². The van der Waals surface area contributed by atoms with Crippen LogP contribution in [0.15, 0.2) is 28.7 Å². The maximum absolute atomic E-state index is 12.5. The number of amides is 1. The van der Waals surface area contributed by atoms with E-state index in [0.717, 1.165) is 30.5 Å². The van der Waals surface area contributed by atoms with Crippen LogP contribution in [0.5, 0.6) is 0 Å². The summed E-state index contributed by atoms with van der Waals surface area (Å²) in [5.41, 5.74) is 1.52. The number of fused-ring (bicyclic) bond motifs is 1. The lowest BCUT2D eigenvalue weighted by molar-refractivity contribution is -0.133. The zero-order valence-electron chi connectivity index (χ0n) is 13.0. The van der Waals surface area contributed by atoms with Gasteiger partial charge in [-0.05, 0) is 38.3 Å². The number of rotatable bonds is 5. The summed E-state index contributed by atoms with van der Waals surface area (Å²) in [7, 11) is 0. The SMILES string of the molecule is CCN(CC1CCCCO1)C(=O)Cc1nc2ccccc2o1. The Morgan fingerprint density at radius 3 is 2.95 bits per heavy atom. The van der Waals surface area contributed by atoms with Crippen LogP contribution in [0.3, 0.4) is 0 Å². The highest BCUT2D eigenvalue weighted by atomic mass is 16.5. The van der Waals surface area contributed by atoms with Crippen molar-refractivity contribution in [1.29, 1.82) is 0 Å². The highest BCUT2D eigenvalue weighted by Crippen LogP contribution is 2.17. The number of aromatic nitrogens is 1. The molecule has 1 amide bonds. The molecule has 1 aromatic heterocycles. The van der Waals surface area contributed by atoms with Gasteiger partial charge in [0.2, 0.25) is 11.8 Å². The van der Waals surface area contributed by atoms with E-state index in [-0.39, 0.29) is 18.4 Å². The van der Waals surface area contributed by atoms with Crippen molar-refractivity contribution >= 4 is 17.0 Å². The molecule has 5 nitrogen and oxygen atoms in total. The molecule has 1 atom stereocenters. The van der Waals surface area contributed by atoms with Gasteiger partial charge in [-0.25, -0.2) is 4.98 Å². The molecule has 0 N–H and O–H groups in total. The summed E-state index contributed by atoms with van der Waals surface area (Å²) in [6.45, 7) is 4.14. The van der Waals surface area contributed by atoms with E-state index >= 15 is 0 Å². The molecule has 5 heteroatoms. The summed E-state index contributed by atoms with van der Waals surface area (Å²) in [6.07, 6.45) is 3.71. The number of likely N-dealkylation sites (N-methyl/N-ethyl adjacent to an activating group) is 1. The molecule has 0 saturated carbocycles. The summed E-state index contributed by atoms with van der Waals surface area (Å²) < 4.78 is 11.4. The monoisotopic (exact) mass is 302 g/mol. The third-order valence-electron chi connectivity index (χ3n) is 4.07. The van der Waals surface area contributed by atoms with Crippen LogP contribution in [-0.4, -0.2) is 41.6 Å². The van der Waals surface area contributed by atoms with Crippen LogP contribution >= 0.6 is 0 Å². The quantitative estimate of drug-likeness (QED) is 0.852. The minimum atomic E-state index is 0.0447. The smallest absolute Gasteiger partial charge is 0.231 e. The average Bonchev–Trinajstić information content (AvgIpc) is 2.95. The number of hydrogen-bond donors (Lipinski definition) is 0. The Labute approximate surface area is 130 Å². The molecule has 1 saturated heterocycles. The molecule has 2 aromatic rings. The lowest BCUT2D eigenvalue weighted by atomic mass is 10.1. The summed E-state index contributed by atoms with van der Waals surface area (Å²) in [5, 5.41) is 0. The standard InChI is InChI=1S/C17H22N2O3/c1-2-19(12-13-7-5-6-10-21-13)17(20)11-16-18-14-8-3-4-9-15(14)22-16/h3-4,8-9,13H,2,5-7,10-12H2,1H3. The Balaban J connectivity index is 1.63. The first-order valence-electron chi connectivity index (χ1n) is 8.00.